The van der Waals surface area contributed by atoms with Crippen LogP contribution in [0.1, 0.15) is 11.1 Å². The Bertz CT molecular complexity index is 960. The van der Waals surface area contributed by atoms with Crippen molar-refractivity contribution in [2.75, 3.05) is 0 Å². The molecule has 1 aromatic heterocycles. The molecule has 26 heavy (non-hydrogen) atoms. The summed E-state index contributed by atoms with van der Waals surface area (Å²) in [7, 11) is 0. The molecule has 0 saturated carbocycles. The van der Waals surface area contributed by atoms with Crippen molar-refractivity contribution in [2.24, 2.45) is 0 Å². The van der Waals surface area contributed by atoms with Gasteiger partial charge in [0, 0.05) is 31.4 Å². The minimum atomic E-state index is 0. The maximum atomic E-state index is 4.50. The quantitative estimate of drug-likeness (QED) is 0.358. The summed E-state index contributed by atoms with van der Waals surface area (Å²) in [5, 5.41) is 8.99. The van der Waals surface area contributed by atoms with Crippen molar-refractivity contribution >= 4 is 0 Å². The molecule has 0 bridgehead atoms. The Morgan fingerprint density at radius 3 is 2.23 bits per heavy atom. The SMILES string of the molecule is Cc1cc[c-]c(-c2nnc(-c3cccc(C)c3)n2-c2ccccc2)c1.[Ir]. The number of aryl methyl sites for hydroxylation is 2. The molecule has 0 unspecified atom stereocenters. The van der Waals surface area contributed by atoms with Crippen LogP contribution < -0.4 is 0 Å². The summed E-state index contributed by atoms with van der Waals surface area (Å²) in [5.41, 5.74) is 5.40. The van der Waals surface area contributed by atoms with Gasteiger partial charge in [-0.15, -0.1) is 40.5 Å². The molecule has 0 N–H and O–H groups in total. The van der Waals surface area contributed by atoms with Crippen molar-refractivity contribution in [3.63, 3.8) is 0 Å². The maximum absolute atomic E-state index is 4.50. The number of benzene rings is 3. The summed E-state index contributed by atoms with van der Waals surface area (Å²) in [5.74, 6) is 1.63. The average Bonchev–Trinajstić information content (AvgIpc) is 3.07. The molecule has 0 amide bonds. The van der Waals surface area contributed by atoms with Crippen LogP contribution in [0.25, 0.3) is 28.5 Å². The Balaban J connectivity index is 0.00000196. The molecule has 4 aromatic rings. The van der Waals surface area contributed by atoms with E-state index in [1.807, 2.05) is 36.4 Å². The summed E-state index contributed by atoms with van der Waals surface area (Å²) >= 11 is 0. The van der Waals surface area contributed by atoms with Gasteiger partial charge in [-0.2, -0.15) is 5.10 Å². The van der Waals surface area contributed by atoms with Crippen LogP contribution in [0.2, 0.25) is 0 Å². The molecule has 0 fully saturated rings. The van der Waals surface area contributed by atoms with Gasteiger partial charge in [0.2, 0.25) is 0 Å². The first-order valence-electron chi connectivity index (χ1n) is 8.29. The molecule has 0 spiro atoms. The zero-order valence-corrected chi connectivity index (χ0v) is 17.0. The van der Waals surface area contributed by atoms with Crippen molar-refractivity contribution in [2.45, 2.75) is 13.8 Å². The Morgan fingerprint density at radius 2 is 1.50 bits per heavy atom. The van der Waals surface area contributed by atoms with E-state index in [2.05, 4.69) is 71.1 Å². The summed E-state index contributed by atoms with van der Waals surface area (Å²) in [6.45, 7) is 4.16. The Morgan fingerprint density at radius 1 is 0.769 bits per heavy atom. The maximum Gasteiger partial charge on any atom is 0.159 e. The van der Waals surface area contributed by atoms with Crippen LogP contribution >= 0.6 is 0 Å². The largest absolute Gasteiger partial charge is 0.316 e. The van der Waals surface area contributed by atoms with Crippen LogP contribution in [0, 0.1) is 19.9 Å². The number of aromatic nitrogens is 3. The topological polar surface area (TPSA) is 30.7 Å². The van der Waals surface area contributed by atoms with Crippen LogP contribution in [0.3, 0.4) is 0 Å². The normalized spacial score (nSPS) is 10.4. The molecule has 3 nitrogen and oxygen atoms in total. The summed E-state index contributed by atoms with van der Waals surface area (Å²) < 4.78 is 2.10. The second-order valence-electron chi connectivity index (χ2n) is 6.17. The van der Waals surface area contributed by atoms with E-state index in [0.29, 0.717) is 0 Å². The van der Waals surface area contributed by atoms with Gasteiger partial charge in [-0.1, -0.05) is 48.9 Å². The number of para-hydroxylation sites is 1. The van der Waals surface area contributed by atoms with Crippen LogP contribution in [-0.2, 0) is 20.1 Å². The fourth-order valence-corrected chi connectivity index (χ4v) is 2.96. The smallest absolute Gasteiger partial charge is 0.159 e. The summed E-state index contributed by atoms with van der Waals surface area (Å²) in [4.78, 5) is 0. The predicted octanol–water partition coefficient (Wildman–Crippen LogP) is 5.02. The molecule has 0 aliphatic carbocycles. The van der Waals surface area contributed by atoms with E-state index in [-0.39, 0.29) is 20.1 Å². The zero-order chi connectivity index (χ0) is 17.2. The first-order chi connectivity index (χ1) is 12.2. The van der Waals surface area contributed by atoms with E-state index in [9.17, 15) is 0 Å². The van der Waals surface area contributed by atoms with Gasteiger partial charge in [0.25, 0.3) is 0 Å². The van der Waals surface area contributed by atoms with Gasteiger partial charge in [0.15, 0.2) is 5.82 Å². The van der Waals surface area contributed by atoms with E-state index in [1.54, 1.807) is 0 Å². The van der Waals surface area contributed by atoms with Crippen molar-refractivity contribution in [1.29, 1.82) is 0 Å². The van der Waals surface area contributed by atoms with Crippen molar-refractivity contribution in [1.82, 2.24) is 14.8 Å². The van der Waals surface area contributed by atoms with Crippen molar-refractivity contribution < 1.29 is 20.1 Å². The molecule has 3 aromatic carbocycles. The van der Waals surface area contributed by atoms with Gasteiger partial charge in [0.05, 0.1) is 5.82 Å². The molecule has 0 atom stereocenters. The third-order valence-corrected chi connectivity index (χ3v) is 4.15. The van der Waals surface area contributed by atoms with E-state index in [1.165, 1.54) is 11.1 Å². The fourth-order valence-electron chi connectivity index (χ4n) is 2.96. The number of hydrogen-bond donors (Lipinski definition) is 0. The Kier molecular flexibility index (Phi) is 5.46. The van der Waals surface area contributed by atoms with Gasteiger partial charge < -0.3 is 4.57 Å². The van der Waals surface area contributed by atoms with Crippen LogP contribution in [-0.4, -0.2) is 14.8 Å². The molecule has 1 heterocycles. The van der Waals surface area contributed by atoms with Gasteiger partial charge in [-0.25, -0.2) is 0 Å². The Hall–Kier alpha value is -2.55. The minimum Gasteiger partial charge on any atom is -0.316 e. The van der Waals surface area contributed by atoms with E-state index in [0.717, 1.165) is 28.5 Å². The predicted molar refractivity (Wildman–Crippen MR) is 101 cm³/mol. The molecule has 1 radical (unpaired) electrons. The molecular weight excluding hydrogens is 498 g/mol. The minimum absolute atomic E-state index is 0. The number of rotatable bonds is 3. The van der Waals surface area contributed by atoms with Gasteiger partial charge in [-0.3, -0.25) is 0 Å². The molecule has 0 aliphatic heterocycles. The van der Waals surface area contributed by atoms with E-state index >= 15 is 0 Å². The average molecular weight is 517 g/mol. The molecule has 4 heteroatoms. The molecule has 0 saturated heterocycles. The first kappa shape index (κ1) is 18.2. The molecule has 4 rings (SSSR count). The van der Waals surface area contributed by atoms with Crippen LogP contribution in [0.5, 0.6) is 0 Å². The second kappa shape index (κ2) is 7.77. The van der Waals surface area contributed by atoms with Crippen molar-refractivity contribution in [3.8, 4) is 28.5 Å². The second-order valence-corrected chi connectivity index (χ2v) is 6.17. The fraction of sp³-hybridized carbons (Fsp3) is 0.0909. The monoisotopic (exact) mass is 517 g/mol. The summed E-state index contributed by atoms with van der Waals surface area (Å²) in [6, 6.07) is 27.9. The number of hydrogen-bond acceptors (Lipinski definition) is 2. The first-order valence-corrected chi connectivity index (χ1v) is 8.29. The van der Waals surface area contributed by atoms with Gasteiger partial charge in [0.1, 0.15) is 0 Å². The van der Waals surface area contributed by atoms with E-state index < -0.39 is 0 Å². The number of nitrogens with zero attached hydrogens (tertiary/aromatic N) is 3. The van der Waals surface area contributed by atoms with Crippen molar-refractivity contribution in [3.05, 3.63) is 90.0 Å². The standard InChI is InChI=1S/C22H18N3.Ir/c1-16-8-6-10-18(14-16)21-23-24-22(19-11-7-9-17(2)15-19)25(21)20-12-4-3-5-13-20;/h3-10,12-15H,1-2H3;/q-1;. The summed E-state index contributed by atoms with van der Waals surface area (Å²) in [6.07, 6.45) is 0. The van der Waals surface area contributed by atoms with Gasteiger partial charge in [-0.05, 0) is 25.1 Å². The molecule has 0 aliphatic rings. The Labute approximate surface area is 167 Å². The van der Waals surface area contributed by atoms with Crippen LogP contribution in [0.15, 0.2) is 72.8 Å². The molecule has 131 valence electrons. The third-order valence-electron chi connectivity index (χ3n) is 4.15. The zero-order valence-electron chi connectivity index (χ0n) is 14.6. The van der Waals surface area contributed by atoms with E-state index in [4.69, 9.17) is 0 Å². The van der Waals surface area contributed by atoms with Gasteiger partial charge >= 0.3 is 0 Å². The third kappa shape index (κ3) is 3.52. The van der Waals surface area contributed by atoms with Crippen LogP contribution in [0.4, 0.5) is 0 Å². The molecular formula is C22H18IrN3-.